The van der Waals surface area contributed by atoms with Crippen molar-refractivity contribution in [1.82, 2.24) is 20.2 Å². The first-order valence-corrected chi connectivity index (χ1v) is 7.48. The first-order chi connectivity index (χ1) is 9.81. The molecule has 0 fully saturated rings. The molecule has 8 heteroatoms. The molecule has 0 saturated carbocycles. The smallest absolute Gasteiger partial charge is 0.232 e. The van der Waals surface area contributed by atoms with Crippen LogP contribution in [0.1, 0.15) is 5.69 Å². The van der Waals surface area contributed by atoms with Crippen molar-refractivity contribution >= 4 is 33.7 Å². The van der Waals surface area contributed by atoms with Gasteiger partial charge in [-0.15, -0.1) is 21.5 Å². The van der Waals surface area contributed by atoms with Gasteiger partial charge in [-0.1, -0.05) is 11.3 Å². The maximum absolute atomic E-state index is 11.8. The quantitative estimate of drug-likeness (QED) is 0.799. The number of hydrogen-bond acceptors (Lipinski definition) is 7. The SMILES string of the molecule is O=C(Cc1csc(-c2cccnc2)n1)Nc1nncs1. The van der Waals surface area contributed by atoms with Crippen molar-refractivity contribution in [3.63, 3.8) is 0 Å². The first kappa shape index (κ1) is 12.8. The molecule has 100 valence electrons. The molecule has 3 aromatic rings. The molecule has 3 rings (SSSR count). The van der Waals surface area contributed by atoms with Crippen LogP contribution >= 0.6 is 22.7 Å². The lowest BCUT2D eigenvalue weighted by Gasteiger charge is -1.98. The molecule has 3 aromatic heterocycles. The molecule has 1 N–H and O–H groups in total. The fourth-order valence-corrected chi connectivity index (χ4v) is 2.84. The van der Waals surface area contributed by atoms with Gasteiger partial charge in [-0.2, -0.15) is 0 Å². The number of amides is 1. The number of carbonyl (C=O) groups is 1. The number of nitrogens with zero attached hydrogens (tertiary/aromatic N) is 4. The number of hydrogen-bond donors (Lipinski definition) is 1. The third-order valence-electron chi connectivity index (χ3n) is 2.41. The van der Waals surface area contributed by atoms with E-state index < -0.39 is 0 Å². The summed E-state index contributed by atoms with van der Waals surface area (Å²) >= 11 is 2.78. The van der Waals surface area contributed by atoms with Gasteiger partial charge < -0.3 is 5.32 Å². The lowest BCUT2D eigenvalue weighted by Crippen LogP contribution is -2.14. The fraction of sp³-hybridized carbons (Fsp3) is 0.0833. The van der Waals surface area contributed by atoms with Crippen LogP contribution in [-0.2, 0) is 11.2 Å². The lowest BCUT2D eigenvalue weighted by molar-refractivity contribution is -0.115. The monoisotopic (exact) mass is 303 g/mol. The summed E-state index contributed by atoms with van der Waals surface area (Å²) in [5.74, 6) is -0.148. The molecule has 0 aliphatic rings. The molecule has 1 amide bonds. The van der Waals surface area contributed by atoms with Crippen LogP contribution in [0.15, 0.2) is 35.4 Å². The summed E-state index contributed by atoms with van der Waals surface area (Å²) in [5.41, 5.74) is 3.25. The molecule has 0 spiro atoms. The molecule has 0 bridgehead atoms. The van der Waals surface area contributed by atoms with Crippen LogP contribution < -0.4 is 5.32 Å². The highest BCUT2D eigenvalue weighted by Crippen LogP contribution is 2.22. The number of rotatable bonds is 4. The Morgan fingerprint density at radius 3 is 3.05 bits per heavy atom. The van der Waals surface area contributed by atoms with Crippen molar-refractivity contribution in [2.24, 2.45) is 0 Å². The Kier molecular flexibility index (Phi) is 3.75. The molecule has 0 aliphatic heterocycles. The Hall–Kier alpha value is -2.19. The maximum atomic E-state index is 11.8. The average Bonchev–Trinajstić information content (AvgIpc) is 3.11. The van der Waals surface area contributed by atoms with Crippen LogP contribution in [0.4, 0.5) is 5.13 Å². The van der Waals surface area contributed by atoms with E-state index in [0.717, 1.165) is 16.3 Å². The summed E-state index contributed by atoms with van der Waals surface area (Å²) in [6, 6.07) is 3.80. The molecule has 0 aliphatic carbocycles. The van der Waals surface area contributed by atoms with Gasteiger partial charge in [0.1, 0.15) is 10.5 Å². The van der Waals surface area contributed by atoms with E-state index in [-0.39, 0.29) is 12.3 Å². The number of thiazole rings is 1. The second-order valence-electron chi connectivity index (χ2n) is 3.85. The van der Waals surface area contributed by atoms with Crippen LogP contribution in [0.2, 0.25) is 0 Å². The Morgan fingerprint density at radius 2 is 2.30 bits per heavy atom. The van der Waals surface area contributed by atoms with Crippen LogP contribution in [0, 0.1) is 0 Å². The molecular weight excluding hydrogens is 294 g/mol. The van der Waals surface area contributed by atoms with Crippen molar-refractivity contribution < 1.29 is 4.79 Å². The van der Waals surface area contributed by atoms with Crippen LogP contribution in [0.3, 0.4) is 0 Å². The number of carbonyl (C=O) groups excluding carboxylic acids is 1. The van der Waals surface area contributed by atoms with Gasteiger partial charge in [0, 0.05) is 23.3 Å². The Balaban J connectivity index is 1.67. The summed E-state index contributed by atoms with van der Waals surface area (Å²) in [7, 11) is 0. The molecule has 0 saturated heterocycles. The molecular formula is C12H9N5OS2. The van der Waals surface area contributed by atoms with Crippen molar-refractivity contribution in [2.45, 2.75) is 6.42 Å². The minimum Gasteiger partial charge on any atom is -0.300 e. The minimum atomic E-state index is -0.148. The molecule has 0 radical (unpaired) electrons. The van der Waals surface area contributed by atoms with E-state index in [1.807, 2.05) is 17.5 Å². The van der Waals surface area contributed by atoms with Crippen molar-refractivity contribution in [3.8, 4) is 10.6 Å². The molecule has 6 nitrogen and oxygen atoms in total. The summed E-state index contributed by atoms with van der Waals surface area (Å²) in [6.45, 7) is 0. The Labute approximate surface area is 122 Å². The van der Waals surface area contributed by atoms with Crippen molar-refractivity contribution in [3.05, 3.63) is 41.1 Å². The molecule has 0 aromatic carbocycles. The number of nitrogens with one attached hydrogen (secondary N) is 1. The van der Waals surface area contributed by atoms with Crippen LogP contribution in [0.25, 0.3) is 10.6 Å². The van der Waals surface area contributed by atoms with E-state index >= 15 is 0 Å². The van der Waals surface area contributed by atoms with E-state index in [4.69, 9.17) is 0 Å². The topological polar surface area (TPSA) is 80.7 Å². The van der Waals surface area contributed by atoms with Crippen LogP contribution in [-0.4, -0.2) is 26.1 Å². The standard InChI is InChI=1S/C12H9N5OS2/c18-10(16-12-17-14-7-20-12)4-9-6-19-11(15-9)8-2-1-3-13-5-8/h1-3,5-7H,4H2,(H,16,17,18). The summed E-state index contributed by atoms with van der Waals surface area (Å²) in [4.78, 5) is 20.3. The van der Waals surface area contributed by atoms with Gasteiger partial charge in [0.05, 0.1) is 12.1 Å². The lowest BCUT2D eigenvalue weighted by atomic mass is 10.3. The predicted molar refractivity (Wildman–Crippen MR) is 77.6 cm³/mol. The molecule has 0 atom stereocenters. The fourth-order valence-electron chi connectivity index (χ4n) is 1.57. The summed E-state index contributed by atoms with van der Waals surface area (Å²) in [6.07, 6.45) is 3.69. The van der Waals surface area contributed by atoms with Crippen molar-refractivity contribution in [2.75, 3.05) is 5.32 Å². The van der Waals surface area contributed by atoms with Gasteiger partial charge in [0.25, 0.3) is 0 Å². The highest BCUT2D eigenvalue weighted by Gasteiger charge is 2.10. The van der Waals surface area contributed by atoms with E-state index in [1.54, 1.807) is 17.9 Å². The number of pyridine rings is 1. The zero-order valence-electron chi connectivity index (χ0n) is 10.2. The second-order valence-corrected chi connectivity index (χ2v) is 5.55. The van der Waals surface area contributed by atoms with Crippen LogP contribution in [0.5, 0.6) is 0 Å². The predicted octanol–water partition coefficient (Wildman–Crippen LogP) is 2.24. The summed E-state index contributed by atoms with van der Waals surface area (Å²) in [5, 5.41) is 13.3. The largest absolute Gasteiger partial charge is 0.300 e. The molecule has 3 heterocycles. The minimum absolute atomic E-state index is 0.148. The highest BCUT2D eigenvalue weighted by atomic mass is 32.1. The second kappa shape index (κ2) is 5.85. The third-order valence-corrected chi connectivity index (χ3v) is 3.96. The van der Waals surface area contributed by atoms with Gasteiger partial charge in [-0.3, -0.25) is 9.78 Å². The zero-order chi connectivity index (χ0) is 13.8. The van der Waals surface area contributed by atoms with Gasteiger partial charge in [0.2, 0.25) is 11.0 Å². The van der Waals surface area contributed by atoms with E-state index in [1.165, 1.54) is 22.7 Å². The zero-order valence-corrected chi connectivity index (χ0v) is 11.8. The van der Waals surface area contributed by atoms with E-state index in [9.17, 15) is 4.79 Å². The summed E-state index contributed by atoms with van der Waals surface area (Å²) < 4.78 is 0. The average molecular weight is 303 g/mol. The highest BCUT2D eigenvalue weighted by molar-refractivity contribution is 7.13. The molecule has 20 heavy (non-hydrogen) atoms. The van der Waals surface area contributed by atoms with Crippen molar-refractivity contribution in [1.29, 1.82) is 0 Å². The number of anilines is 1. The normalized spacial score (nSPS) is 10.4. The van der Waals surface area contributed by atoms with Gasteiger partial charge in [-0.25, -0.2) is 4.98 Å². The third kappa shape index (κ3) is 3.03. The maximum Gasteiger partial charge on any atom is 0.232 e. The van der Waals surface area contributed by atoms with Gasteiger partial charge in [0.15, 0.2) is 0 Å². The Bertz CT molecular complexity index is 696. The first-order valence-electron chi connectivity index (χ1n) is 5.72. The molecule has 0 unspecified atom stereocenters. The Morgan fingerprint density at radius 1 is 1.35 bits per heavy atom. The van der Waals surface area contributed by atoms with Gasteiger partial charge >= 0.3 is 0 Å². The van der Waals surface area contributed by atoms with E-state index in [0.29, 0.717) is 5.13 Å². The van der Waals surface area contributed by atoms with E-state index in [2.05, 4.69) is 25.5 Å². The number of aromatic nitrogens is 4. The van der Waals surface area contributed by atoms with Gasteiger partial charge in [-0.05, 0) is 12.1 Å².